The normalized spacial score (nSPS) is 21.2. The maximum atomic E-state index is 14.3. The van der Waals surface area contributed by atoms with E-state index in [1.54, 1.807) is 26.0 Å². The van der Waals surface area contributed by atoms with Gasteiger partial charge < -0.3 is 19.0 Å². The first-order valence-electron chi connectivity index (χ1n) is 14.5. The summed E-state index contributed by atoms with van der Waals surface area (Å²) >= 11 is 3.00. The van der Waals surface area contributed by atoms with Crippen LogP contribution in [0.4, 0.5) is 0 Å². The number of ether oxygens (including phenoxy) is 2. The van der Waals surface area contributed by atoms with Gasteiger partial charge in [-0.2, -0.15) is 0 Å². The van der Waals surface area contributed by atoms with Crippen LogP contribution in [-0.4, -0.2) is 62.1 Å². The fourth-order valence-electron chi connectivity index (χ4n) is 6.64. The van der Waals surface area contributed by atoms with Gasteiger partial charge in [0.05, 0.1) is 36.2 Å². The van der Waals surface area contributed by atoms with E-state index in [1.165, 1.54) is 42.2 Å². The molecule has 0 spiro atoms. The summed E-state index contributed by atoms with van der Waals surface area (Å²) in [6, 6.07) is 7.55. The Kier molecular flexibility index (Phi) is 8.24. The van der Waals surface area contributed by atoms with E-state index in [1.807, 2.05) is 24.3 Å². The average molecular weight is 641 g/mol. The van der Waals surface area contributed by atoms with Crippen LogP contribution in [0.5, 0.6) is 5.75 Å². The molecule has 4 heterocycles. The van der Waals surface area contributed by atoms with E-state index in [9.17, 15) is 19.5 Å². The Bertz CT molecular complexity index is 1800. The fourth-order valence-corrected chi connectivity index (χ4v) is 8.57. The molecule has 13 heteroatoms. The van der Waals surface area contributed by atoms with E-state index >= 15 is 0 Å². The number of carboxylic acid groups (broad SMARTS) is 1. The number of carboxylic acids is 1. The second-order valence-electron chi connectivity index (χ2n) is 12.0. The molecule has 1 saturated carbocycles. The smallest absolute Gasteiger partial charge is 0.333 e. The van der Waals surface area contributed by atoms with Crippen molar-refractivity contribution in [3.63, 3.8) is 0 Å². The van der Waals surface area contributed by atoms with Crippen molar-refractivity contribution in [3.8, 4) is 16.5 Å². The zero-order valence-electron chi connectivity index (χ0n) is 25.3. The number of para-hydroxylation sites is 1. The number of oxazole rings is 1. The number of thiophene rings is 1. The van der Waals surface area contributed by atoms with E-state index in [0.717, 1.165) is 36.1 Å². The van der Waals surface area contributed by atoms with Crippen LogP contribution < -0.4 is 16.0 Å². The first kappa shape index (κ1) is 30.6. The largest absolute Gasteiger partial charge is 0.496 e. The molecule has 1 saturated heterocycles. The van der Waals surface area contributed by atoms with Crippen LogP contribution in [0.25, 0.3) is 21.0 Å². The summed E-state index contributed by atoms with van der Waals surface area (Å²) < 4.78 is 22.9. The number of benzene rings is 1. The lowest BCUT2D eigenvalue weighted by Crippen LogP contribution is -2.52. The lowest BCUT2D eigenvalue weighted by atomic mass is 10.0. The third-order valence-corrected chi connectivity index (χ3v) is 11.2. The van der Waals surface area contributed by atoms with Gasteiger partial charge in [0.15, 0.2) is 0 Å². The van der Waals surface area contributed by atoms with E-state index in [2.05, 4.69) is 15.5 Å². The minimum Gasteiger partial charge on any atom is -0.496 e. The van der Waals surface area contributed by atoms with Gasteiger partial charge in [-0.05, 0) is 63.3 Å². The summed E-state index contributed by atoms with van der Waals surface area (Å²) in [6.07, 6.45) is 6.25. The first-order chi connectivity index (χ1) is 21.0. The molecule has 1 aliphatic carbocycles. The van der Waals surface area contributed by atoms with Crippen molar-refractivity contribution < 1.29 is 23.8 Å². The number of rotatable bonds is 10. The van der Waals surface area contributed by atoms with Crippen LogP contribution >= 0.6 is 23.3 Å². The van der Waals surface area contributed by atoms with Crippen LogP contribution in [0.15, 0.2) is 50.7 Å². The first-order valence-corrected chi connectivity index (χ1v) is 16.5. The molecule has 44 heavy (non-hydrogen) atoms. The molecule has 0 radical (unpaired) electrons. The van der Waals surface area contributed by atoms with Crippen molar-refractivity contribution in [1.29, 1.82) is 0 Å². The van der Waals surface area contributed by atoms with E-state index in [-0.39, 0.29) is 18.0 Å². The molecular weight excluding hydrogens is 604 g/mol. The number of aliphatic carboxylic acids is 1. The molecule has 2 aliphatic rings. The summed E-state index contributed by atoms with van der Waals surface area (Å²) in [4.78, 5) is 45.9. The van der Waals surface area contributed by atoms with Crippen molar-refractivity contribution in [3.05, 3.63) is 68.7 Å². The highest BCUT2D eigenvalue weighted by Gasteiger charge is 2.42. The number of methoxy groups -OCH3 is 1. The van der Waals surface area contributed by atoms with Gasteiger partial charge in [-0.1, -0.05) is 30.1 Å². The highest BCUT2D eigenvalue weighted by atomic mass is 32.2. The standard InChI is InChI=1S/C31H36N4O7S2/c1-17-24-27(36)35(31(2,3)29(37)38)30(39)34(28(24)44-25(17)26-32-10-11-41-26)16-23(21-8-6-7-9-22(21)40-4)42-20-12-18-14-33(43-5)15-19(18)13-20/h6-11,18-20,23H,12-16H2,1-5H3,(H,37,38). The fraction of sp³-hybridized carbons (Fsp3) is 0.484. The third-order valence-electron chi connectivity index (χ3n) is 9.04. The number of nitrogens with zero attached hydrogens (tertiary/aromatic N) is 4. The van der Waals surface area contributed by atoms with Crippen LogP contribution in [-0.2, 0) is 21.6 Å². The summed E-state index contributed by atoms with van der Waals surface area (Å²) in [7, 11) is 1.60. The number of carbonyl (C=O) groups is 1. The van der Waals surface area contributed by atoms with E-state index < -0.39 is 28.9 Å². The van der Waals surface area contributed by atoms with Gasteiger partial charge in [-0.3, -0.25) is 13.7 Å². The van der Waals surface area contributed by atoms with Crippen molar-refractivity contribution in [2.75, 3.05) is 26.5 Å². The molecule has 4 aromatic rings. The Morgan fingerprint density at radius 2 is 1.93 bits per heavy atom. The highest BCUT2D eigenvalue weighted by Crippen LogP contribution is 2.44. The third kappa shape index (κ3) is 5.19. The van der Waals surface area contributed by atoms with Crippen LogP contribution in [0, 0.1) is 18.8 Å². The van der Waals surface area contributed by atoms with Crippen LogP contribution in [0.3, 0.4) is 0 Å². The molecule has 1 aromatic carbocycles. The summed E-state index contributed by atoms with van der Waals surface area (Å²) in [5.41, 5.74) is -1.87. The number of fused-ring (bicyclic) bond motifs is 2. The van der Waals surface area contributed by atoms with Crippen LogP contribution in [0.2, 0.25) is 0 Å². The van der Waals surface area contributed by atoms with Gasteiger partial charge in [0, 0.05) is 18.7 Å². The predicted molar refractivity (Wildman–Crippen MR) is 169 cm³/mol. The molecule has 3 atom stereocenters. The molecule has 6 rings (SSSR count). The SMILES string of the molecule is COc1ccccc1C(Cn1c(=O)n(C(C)(C)C(=O)O)c(=O)c2c(C)c(-c3ncco3)sc21)OC1CC2CN(SC)CC2C1. The zero-order valence-corrected chi connectivity index (χ0v) is 26.9. The molecule has 3 unspecified atom stereocenters. The van der Waals surface area contributed by atoms with Crippen molar-refractivity contribution in [1.82, 2.24) is 18.4 Å². The maximum Gasteiger partial charge on any atom is 0.333 e. The van der Waals surface area contributed by atoms with Crippen LogP contribution in [0.1, 0.15) is 43.9 Å². The average Bonchev–Trinajstić information content (AvgIpc) is 3.78. The van der Waals surface area contributed by atoms with Gasteiger partial charge in [-0.15, -0.1) is 11.3 Å². The Morgan fingerprint density at radius 1 is 1.23 bits per heavy atom. The summed E-state index contributed by atoms with van der Waals surface area (Å²) in [5.74, 6) is 0.734. The number of aromatic nitrogens is 3. The lowest BCUT2D eigenvalue weighted by Gasteiger charge is -2.28. The van der Waals surface area contributed by atoms with Crippen molar-refractivity contribution in [2.45, 2.75) is 57.9 Å². The van der Waals surface area contributed by atoms with Crippen molar-refractivity contribution in [2.24, 2.45) is 11.8 Å². The lowest BCUT2D eigenvalue weighted by molar-refractivity contribution is -0.146. The topological polar surface area (TPSA) is 129 Å². The molecule has 1 N–H and O–H groups in total. The summed E-state index contributed by atoms with van der Waals surface area (Å²) in [5, 5.41) is 10.3. The molecule has 1 aliphatic heterocycles. The molecule has 3 aromatic heterocycles. The Balaban J connectivity index is 1.50. The number of aryl methyl sites for hydroxylation is 1. The minimum atomic E-state index is -1.81. The molecule has 2 fully saturated rings. The van der Waals surface area contributed by atoms with Crippen molar-refractivity contribution >= 4 is 39.5 Å². The predicted octanol–water partition coefficient (Wildman–Crippen LogP) is 4.76. The minimum absolute atomic E-state index is 0.0237. The molecule has 0 amide bonds. The quantitative estimate of drug-likeness (QED) is 0.242. The van der Waals surface area contributed by atoms with Gasteiger partial charge >= 0.3 is 11.7 Å². The molecule has 0 bridgehead atoms. The van der Waals surface area contributed by atoms with Gasteiger partial charge in [0.1, 0.15) is 28.5 Å². The Labute approximate surface area is 262 Å². The molecule has 11 nitrogen and oxygen atoms in total. The highest BCUT2D eigenvalue weighted by molar-refractivity contribution is 7.96. The maximum absolute atomic E-state index is 14.3. The van der Waals surface area contributed by atoms with Gasteiger partial charge in [0.25, 0.3) is 5.56 Å². The molecule has 234 valence electrons. The second-order valence-corrected chi connectivity index (χ2v) is 13.9. The number of hydrogen-bond donors (Lipinski definition) is 1. The molecular formula is C31H36N4O7S2. The second kappa shape index (κ2) is 11.8. The zero-order chi connectivity index (χ0) is 31.3. The monoisotopic (exact) mass is 640 g/mol. The number of hydrogen-bond acceptors (Lipinski definition) is 10. The van der Waals surface area contributed by atoms with Gasteiger partial charge in [0.2, 0.25) is 5.89 Å². The summed E-state index contributed by atoms with van der Waals surface area (Å²) in [6.45, 7) is 6.56. The Morgan fingerprint density at radius 3 is 2.55 bits per heavy atom. The Hall–Kier alpha value is -3.39. The van der Waals surface area contributed by atoms with E-state index in [4.69, 9.17) is 13.9 Å². The van der Waals surface area contributed by atoms with E-state index in [0.29, 0.717) is 38.7 Å². The van der Waals surface area contributed by atoms with Gasteiger partial charge in [-0.25, -0.2) is 19.1 Å².